The molecule has 4 rings (SSSR count). The van der Waals surface area contributed by atoms with Crippen LogP contribution in [0.1, 0.15) is 58.0 Å². The van der Waals surface area contributed by atoms with Crippen molar-refractivity contribution in [2.45, 2.75) is 51.2 Å². The smallest absolute Gasteiger partial charge is 0.287 e. The topological polar surface area (TPSA) is 94.5 Å². The number of aromatic nitrogens is 2. The summed E-state index contributed by atoms with van der Waals surface area (Å²) >= 11 is 0. The first-order valence-electron chi connectivity index (χ1n) is 10.00. The Morgan fingerprint density at radius 1 is 1.14 bits per heavy atom. The molecule has 2 N–H and O–H groups in total. The molecule has 29 heavy (non-hydrogen) atoms. The lowest BCUT2D eigenvalue weighted by atomic mass is 10.1. The van der Waals surface area contributed by atoms with Crippen molar-refractivity contribution in [1.82, 2.24) is 20.2 Å². The monoisotopic (exact) mass is 398 g/mol. The van der Waals surface area contributed by atoms with Gasteiger partial charge in [0.05, 0.1) is 19.9 Å². The minimum atomic E-state index is -0.284. The summed E-state index contributed by atoms with van der Waals surface area (Å²) in [6, 6.07) is 5.76. The van der Waals surface area contributed by atoms with Crippen molar-refractivity contribution in [3.63, 3.8) is 0 Å². The lowest BCUT2D eigenvalue weighted by Gasteiger charge is -2.17. The number of hydrogen-bond acceptors (Lipinski definition) is 5. The molecule has 2 aliphatic rings. The van der Waals surface area contributed by atoms with E-state index < -0.39 is 0 Å². The van der Waals surface area contributed by atoms with Crippen molar-refractivity contribution in [1.29, 1.82) is 0 Å². The minimum Gasteiger partial charge on any atom is -0.493 e. The van der Waals surface area contributed by atoms with Gasteiger partial charge in [-0.3, -0.25) is 9.59 Å². The average Bonchev–Trinajstić information content (AvgIpc) is 3.48. The molecular formula is C21H26N4O4. The van der Waals surface area contributed by atoms with Crippen LogP contribution in [0.2, 0.25) is 0 Å². The fraction of sp³-hybridized carbons (Fsp3) is 0.476. The molecule has 8 heteroatoms. The third kappa shape index (κ3) is 4.06. The van der Waals surface area contributed by atoms with Crippen LogP contribution in [-0.4, -0.2) is 41.6 Å². The van der Waals surface area contributed by atoms with Gasteiger partial charge in [-0.1, -0.05) is 6.07 Å². The molecule has 0 bridgehead atoms. The van der Waals surface area contributed by atoms with Crippen molar-refractivity contribution >= 4 is 11.8 Å². The molecule has 154 valence electrons. The van der Waals surface area contributed by atoms with E-state index in [0.717, 1.165) is 43.4 Å². The molecule has 1 aliphatic heterocycles. The second-order valence-corrected chi connectivity index (χ2v) is 7.46. The number of imidazole rings is 1. The van der Waals surface area contributed by atoms with Gasteiger partial charge in [0.2, 0.25) is 0 Å². The van der Waals surface area contributed by atoms with Crippen molar-refractivity contribution in [2.75, 3.05) is 14.2 Å². The standard InChI is InChI=1S/C21H26N4O4/c1-28-16-9-6-13(11-17(16)29-2)12-22-21(27)19-24-18(20(26)23-14-7-8-14)15-5-3-4-10-25(15)19/h6,9,11,14H,3-5,7-8,10,12H2,1-2H3,(H,22,27)(H,23,26). The summed E-state index contributed by atoms with van der Waals surface area (Å²) in [5.74, 6) is 1.10. The van der Waals surface area contributed by atoms with Gasteiger partial charge in [0.25, 0.3) is 11.8 Å². The summed E-state index contributed by atoms with van der Waals surface area (Å²) in [5, 5.41) is 5.89. The van der Waals surface area contributed by atoms with Gasteiger partial charge in [-0.05, 0) is 49.8 Å². The van der Waals surface area contributed by atoms with E-state index in [0.29, 0.717) is 36.1 Å². The number of carbonyl (C=O) groups is 2. The Bertz CT molecular complexity index is 933. The molecule has 1 saturated carbocycles. The molecule has 1 aromatic heterocycles. The zero-order valence-electron chi connectivity index (χ0n) is 16.8. The van der Waals surface area contributed by atoms with Gasteiger partial charge in [-0.2, -0.15) is 0 Å². The zero-order chi connectivity index (χ0) is 20.4. The van der Waals surface area contributed by atoms with Crippen LogP contribution in [0.15, 0.2) is 18.2 Å². The Hall–Kier alpha value is -3.03. The normalized spacial score (nSPS) is 15.4. The number of ether oxygens (including phenoxy) is 2. The van der Waals surface area contributed by atoms with Gasteiger partial charge in [0, 0.05) is 19.1 Å². The maximum atomic E-state index is 12.9. The fourth-order valence-electron chi connectivity index (χ4n) is 3.63. The van der Waals surface area contributed by atoms with E-state index in [1.165, 1.54) is 0 Å². The Kier molecular flexibility index (Phi) is 5.42. The Morgan fingerprint density at radius 2 is 1.93 bits per heavy atom. The third-order valence-electron chi connectivity index (χ3n) is 5.35. The lowest BCUT2D eigenvalue weighted by molar-refractivity contribution is 0.0934. The molecule has 8 nitrogen and oxygen atoms in total. The summed E-state index contributed by atoms with van der Waals surface area (Å²) in [6.45, 7) is 1.03. The summed E-state index contributed by atoms with van der Waals surface area (Å²) in [4.78, 5) is 29.9. The number of carbonyl (C=O) groups excluding carboxylic acids is 2. The Morgan fingerprint density at radius 3 is 2.66 bits per heavy atom. The molecule has 0 radical (unpaired) electrons. The lowest BCUT2D eigenvalue weighted by Crippen LogP contribution is -2.27. The van der Waals surface area contributed by atoms with Gasteiger partial charge in [0.1, 0.15) is 5.69 Å². The Balaban J connectivity index is 1.51. The number of rotatable bonds is 7. The average molecular weight is 398 g/mol. The van der Waals surface area contributed by atoms with Crippen LogP contribution >= 0.6 is 0 Å². The highest BCUT2D eigenvalue weighted by Crippen LogP contribution is 2.28. The first-order valence-corrected chi connectivity index (χ1v) is 10.00. The summed E-state index contributed by atoms with van der Waals surface area (Å²) in [5.41, 5.74) is 2.15. The van der Waals surface area contributed by atoms with Gasteiger partial charge in [-0.15, -0.1) is 0 Å². The number of nitrogens with one attached hydrogen (secondary N) is 2. The molecular weight excluding hydrogens is 372 g/mol. The second-order valence-electron chi connectivity index (χ2n) is 7.46. The zero-order valence-corrected chi connectivity index (χ0v) is 16.8. The van der Waals surface area contributed by atoms with Gasteiger partial charge < -0.3 is 24.7 Å². The number of hydrogen-bond donors (Lipinski definition) is 2. The molecule has 2 amide bonds. The predicted molar refractivity (Wildman–Crippen MR) is 106 cm³/mol. The summed E-state index contributed by atoms with van der Waals surface area (Å²) < 4.78 is 12.5. The third-order valence-corrected chi connectivity index (χ3v) is 5.35. The van der Waals surface area contributed by atoms with E-state index in [9.17, 15) is 9.59 Å². The first-order chi connectivity index (χ1) is 14.1. The highest BCUT2D eigenvalue weighted by molar-refractivity contribution is 5.97. The van der Waals surface area contributed by atoms with Crippen molar-refractivity contribution in [3.8, 4) is 11.5 Å². The van der Waals surface area contributed by atoms with E-state index in [1.807, 2.05) is 16.7 Å². The SMILES string of the molecule is COc1ccc(CNC(=O)c2nc(C(=O)NC3CC3)c3n2CCCC3)cc1OC. The summed E-state index contributed by atoms with van der Waals surface area (Å²) in [7, 11) is 3.16. The van der Waals surface area contributed by atoms with Gasteiger partial charge in [-0.25, -0.2) is 4.98 Å². The largest absolute Gasteiger partial charge is 0.493 e. The van der Waals surface area contributed by atoms with Crippen LogP contribution in [-0.2, 0) is 19.5 Å². The van der Waals surface area contributed by atoms with Crippen LogP contribution in [0.4, 0.5) is 0 Å². The van der Waals surface area contributed by atoms with E-state index in [1.54, 1.807) is 20.3 Å². The van der Waals surface area contributed by atoms with Crippen LogP contribution < -0.4 is 20.1 Å². The van der Waals surface area contributed by atoms with E-state index >= 15 is 0 Å². The number of fused-ring (bicyclic) bond motifs is 1. The molecule has 0 spiro atoms. The highest BCUT2D eigenvalue weighted by Gasteiger charge is 2.30. The highest BCUT2D eigenvalue weighted by atomic mass is 16.5. The van der Waals surface area contributed by atoms with Crippen LogP contribution in [0.5, 0.6) is 11.5 Å². The van der Waals surface area contributed by atoms with Crippen LogP contribution in [0.25, 0.3) is 0 Å². The number of benzene rings is 1. The van der Waals surface area contributed by atoms with Crippen molar-refractivity contribution < 1.29 is 19.1 Å². The van der Waals surface area contributed by atoms with Crippen LogP contribution in [0.3, 0.4) is 0 Å². The second kappa shape index (κ2) is 8.14. The van der Waals surface area contributed by atoms with E-state index in [2.05, 4.69) is 15.6 Å². The molecule has 1 aliphatic carbocycles. The van der Waals surface area contributed by atoms with Crippen molar-refractivity contribution in [2.24, 2.45) is 0 Å². The predicted octanol–water partition coefficient (Wildman–Crippen LogP) is 2.06. The van der Waals surface area contributed by atoms with Crippen molar-refractivity contribution in [3.05, 3.63) is 41.0 Å². The van der Waals surface area contributed by atoms with E-state index in [-0.39, 0.29) is 17.9 Å². The number of methoxy groups -OCH3 is 2. The molecule has 0 saturated heterocycles. The molecule has 0 atom stereocenters. The molecule has 2 aromatic rings. The maximum absolute atomic E-state index is 12.9. The quantitative estimate of drug-likeness (QED) is 0.745. The summed E-state index contributed by atoms with van der Waals surface area (Å²) in [6.07, 6.45) is 4.77. The van der Waals surface area contributed by atoms with Gasteiger partial charge >= 0.3 is 0 Å². The maximum Gasteiger partial charge on any atom is 0.287 e. The number of nitrogens with zero attached hydrogens (tertiary/aromatic N) is 2. The Labute approximate surface area is 169 Å². The first kappa shape index (κ1) is 19.3. The molecule has 0 unspecified atom stereocenters. The molecule has 1 fully saturated rings. The fourth-order valence-corrected chi connectivity index (χ4v) is 3.63. The van der Waals surface area contributed by atoms with Gasteiger partial charge in [0.15, 0.2) is 17.3 Å². The molecule has 1 aromatic carbocycles. The minimum absolute atomic E-state index is 0.169. The van der Waals surface area contributed by atoms with Crippen LogP contribution in [0, 0.1) is 0 Å². The molecule has 2 heterocycles. The van der Waals surface area contributed by atoms with E-state index in [4.69, 9.17) is 9.47 Å². The number of amides is 2.